The standard InChI is InChI=1S/C10H12N2O4S3/c1-6-9(18-10(14)12-6)19(15,16)11-4-8(13)7-2-3-17-5-7/h2-3,5,8,11,13H,4H2,1H3,(H,12,14). The average Bonchev–Trinajstić information content (AvgIpc) is 2.96. The highest BCUT2D eigenvalue weighted by Crippen LogP contribution is 2.18. The predicted molar refractivity (Wildman–Crippen MR) is 74.1 cm³/mol. The largest absolute Gasteiger partial charge is 0.387 e. The van der Waals surface area contributed by atoms with Gasteiger partial charge in [-0.2, -0.15) is 11.3 Å². The summed E-state index contributed by atoms with van der Waals surface area (Å²) in [5.74, 6) is 0. The van der Waals surface area contributed by atoms with Crippen molar-refractivity contribution >= 4 is 32.7 Å². The van der Waals surface area contributed by atoms with Gasteiger partial charge in [0, 0.05) is 12.2 Å². The number of sulfonamides is 1. The molecule has 2 rings (SSSR count). The molecule has 0 saturated carbocycles. The fourth-order valence-corrected chi connectivity index (χ4v) is 4.57. The third kappa shape index (κ3) is 3.31. The van der Waals surface area contributed by atoms with Crippen LogP contribution in [0.25, 0.3) is 0 Å². The maximum absolute atomic E-state index is 12.0. The van der Waals surface area contributed by atoms with E-state index in [9.17, 15) is 18.3 Å². The zero-order valence-corrected chi connectivity index (χ0v) is 12.4. The summed E-state index contributed by atoms with van der Waals surface area (Å²) in [5, 5.41) is 13.4. The molecule has 0 radical (unpaired) electrons. The summed E-state index contributed by atoms with van der Waals surface area (Å²) in [6.45, 7) is 1.38. The third-order valence-corrected chi connectivity index (χ3v) is 6.15. The minimum atomic E-state index is -3.78. The Hall–Kier alpha value is -1.00. The first-order valence-corrected chi connectivity index (χ1v) is 8.54. The molecule has 0 aliphatic rings. The zero-order valence-electron chi connectivity index (χ0n) is 9.91. The summed E-state index contributed by atoms with van der Waals surface area (Å²) >= 11 is 2.05. The van der Waals surface area contributed by atoms with E-state index in [1.807, 2.05) is 0 Å². The molecule has 9 heteroatoms. The Morgan fingerprint density at radius 1 is 1.53 bits per heavy atom. The highest BCUT2D eigenvalue weighted by Gasteiger charge is 2.21. The number of rotatable bonds is 5. The van der Waals surface area contributed by atoms with Gasteiger partial charge in [-0.15, -0.1) is 0 Å². The van der Waals surface area contributed by atoms with Crippen LogP contribution in [-0.4, -0.2) is 25.1 Å². The lowest BCUT2D eigenvalue weighted by Gasteiger charge is -2.10. The molecular formula is C10H12N2O4S3. The van der Waals surface area contributed by atoms with Crippen molar-refractivity contribution in [1.29, 1.82) is 0 Å². The molecule has 6 nitrogen and oxygen atoms in total. The van der Waals surface area contributed by atoms with Crippen molar-refractivity contribution in [2.75, 3.05) is 6.54 Å². The van der Waals surface area contributed by atoms with Gasteiger partial charge in [0.2, 0.25) is 0 Å². The van der Waals surface area contributed by atoms with Crippen LogP contribution in [0.15, 0.2) is 25.8 Å². The van der Waals surface area contributed by atoms with Crippen molar-refractivity contribution in [3.05, 3.63) is 37.8 Å². The number of aromatic amines is 1. The topological polar surface area (TPSA) is 99.3 Å². The van der Waals surface area contributed by atoms with Crippen molar-refractivity contribution in [2.24, 2.45) is 0 Å². The first-order chi connectivity index (χ1) is 8.90. The van der Waals surface area contributed by atoms with Gasteiger partial charge in [0.25, 0.3) is 10.0 Å². The van der Waals surface area contributed by atoms with E-state index in [0.29, 0.717) is 22.6 Å². The molecule has 0 saturated heterocycles. The van der Waals surface area contributed by atoms with Crippen LogP contribution in [0.1, 0.15) is 17.4 Å². The second-order valence-corrected chi connectivity index (χ2v) is 7.58. The SMILES string of the molecule is Cc1[nH]c(=O)sc1S(=O)(=O)NCC(O)c1ccsc1. The molecule has 1 unspecified atom stereocenters. The summed E-state index contributed by atoms with van der Waals surface area (Å²) in [6.07, 6.45) is -0.906. The van der Waals surface area contributed by atoms with Crippen LogP contribution < -0.4 is 9.60 Å². The van der Waals surface area contributed by atoms with Gasteiger partial charge in [-0.25, -0.2) is 13.1 Å². The van der Waals surface area contributed by atoms with E-state index < -0.39 is 21.0 Å². The average molecular weight is 320 g/mol. The number of aliphatic hydroxyl groups is 1. The van der Waals surface area contributed by atoms with E-state index in [1.54, 1.807) is 16.8 Å². The van der Waals surface area contributed by atoms with Crippen molar-refractivity contribution in [1.82, 2.24) is 9.71 Å². The van der Waals surface area contributed by atoms with Crippen LogP contribution >= 0.6 is 22.7 Å². The monoisotopic (exact) mass is 320 g/mol. The van der Waals surface area contributed by atoms with Crippen LogP contribution in [0, 0.1) is 6.92 Å². The highest BCUT2D eigenvalue weighted by molar-refractivity contribution is 7.91. The van der Waals surface area contributed by atoms with Gasteiger partial charge in [-0.3, -0.25) is 4.79 Å². The Kier molecular flexibility index (Phi) is 4.21. The van der Waals surface area contributed by atoms with Gasteiger partial charge < -0.3 is 10.1 Å². The molecule has 2 aromatic rings. The molecule has 0 spiro atoms. The lowest BCUT2D eigenvalue weighted by Crippen LogP contribution is -2.28. The Balaban J connectivity index is 2.10. The van der Waals surface area contributed by atoms with Crippen LogP contribution in [0.4, 0.5) is 0 Å². The molecule has 3 N–H and O–H groups in total. The van der Waals surface area contributed by atoms with Gasteiger partial charge in [-0.05, 0) is 29.3 Å². The molecule has 0 aliphatic heterocycles. The lowest BCUT2D eigenvalue weighted by atomic mass is 10.2. The molecule has 1 atom stereocenters. The Morgan fingerprint density at radius 3 is 2.79 bits per heavy atom. The van der Waals surface area contributed by atoms with E-state index in [4.69, 9.17) is 0 Å². The van der Waals surface area contributed by atoms with Gasteiger partial charge in [0.15, 0.2) is 4.21 Å². The summed E-state index contributed by atoms with van der Waals surface area (Å²) < 4.78 is 26.2. The molecule has 0 fully saturated rings. The number of hydrogen-bond donors (Lipinski definition) is 3. The number of nitrogens with one attached hydrogen (secondary N) is 2. The van der Waals surface area contributed by atoms with Gasteiger partial charge >= 0.3 is 4.87 Å². The minimum Gasteiger partial charge on any atom is -0.387 e. The summed E-state index contributed by atoms with van der Waals surface area (Å²) in [4.78, 5) is 13.1. The van der Waals surface area contributed by atoms with Crippen LogP contribution in [0.5, 0.6) is 0 Å². The summed E-state index contributed by atoms with van der Waals surface area (Å²) in [5.41, 5.74) is 0.958. The number of thiazole rings is 1. The van der Waals surface area contributed by atoms with Gasteiger partial charge in [0.05, 0.1) is 6.10 Å². The fraction of sp³-hybridized carbons (Fsp3) is 0.300. The van der Waals surface area contributed by atoms with Crippen molar-refractivity contribution in [2.45, 2.75) is 17.2 Å². The number of aliphatic hydroxyl groups excluding tert-OH is 1. The Bertz CT molecular complexity index is 699. The van der Waals surface area contributed by atoms with E-state index >= 15 is 0 Å². The first kappa shape index (κ1) is 14.4. The Morgan fingerprint density at radius 2 is 2.26 bits per heavy atom. The molecule has 0 aromatic carbocycles. The van der Waals surface area contributed by atoms with Gasteiger partial charge in [-0.1, -0.05) is 11.3 Å². The molecule has 104 valence electrons. The maximum atomic E-state index is 12.0. The van der Waals surface area contributed by atoms with E-state index in [2.05, 4.69) is 9.71 Å². The van der Waals surface area contributed by atoms with E-state index in [-0.39, 0.29) is 10.8 Å². The number of aromatic nitrogens is 1. The smallest absolute Gasteiger partial charge is 0.305 e. The van der Waals surface area contributed by atoms with Crippen molar-refractivity contribution in [3.63, 3.8) is 0 Å². The molecule has 2 aromatic heterocycles. The van der Waals surface area contributed by atoms with Gasteiger partial charge in [0.1, 0.15) is 0 Å². The zero-order chi connectivity index (χ0) is 14.0. The van der Waals surface area contributed by atoms with Crippen LogP contribution in [0.2, 0.25) is 0 Å². The molecular weight excluding hydrogens is 308 g/mol. The number of aryl methyl sites for hydroxylation is 1. The summed E-state index contributed by atoms with van der Waals surface area (Å²) in [6, 6.07) is 1.73. The molecule has 0 aliphatic carbocycles. The quantitative estimate of drug-likeness (QED) is 0.759. The first-order valence-electron chi connectivity index (χ1n) is 5.29. The number of hydrogen-bond acceptors (Lipinski definition) is 6. The molecule has 19 heavy (non-hydrogen) atoms. The second-order valence-electron chi connectivity index (χ2n) is 3.85. The summed E-state index contributed by atoms with van der Waals surface area (Å²) in [7, 11) is -3.78. The van der Waals surface area contributed by atoms with E-state index in [0.717, 1.165) is 0 Å². The predicted octanol–water partition coefficient (Wildman–Crippen LogP) is 0.818. The molecule has 0 bridgehead atoms. The maximum Gasteiger partial charge on any atom is 0.305 e. The normalized spacial score (nSPS) is 13.6. The number of H-pyrrole nitrogens is 1. The Labute approximate surface area is 117 Å². The number of thiophene rings is 1. The van der Waals surface area contributed by atoms with Crippen molar-refractivity contribution < 1.29 is 13.5 Å². The molecule has 2 heterocycles. The van der Waals surface area contributed by atoms with E-state index in [1.165, 1.54) is 18.3 Å². The van der Waals surface area contributed by atoms with Crippen molar-refractivity contribution in [3.8, 4) is 0 Å². The van der Waals surface area contributed by atoms with Crippen LogP contribution in [0.3, 0.4) is 0 Å². The second kappa shape index (κ2) is 5.55. The van der Waals surface area contributed by atoms with Crippen LogP contribution in [-0.2, 0) is 10.0 Å². The molecule has 0 amide bonds. The fourth-order valence-electron chi connectivity index (χ4n) is 1.48. The lowest BCUT2D eigenvalue weighted by molar-refractivity contribution is 0.182. The third-order valence-electron chi connectivity index (χ3n) is 2.42. The highest BCUT2D eigenvalue weighted by atomic mass is 32.2. The minimum absolute atomic E-state index is 0.0463.